The van der Waals surface area contributed by atoms with E-state index in [0.29, 0.717) is 43.2 Å². The zero-order valence-corrected chi connectivity index (χ0v) is 24.9. The molecule has 2 aromatic carbocycles. The second-order valence-electron chi connectivity index (χ2n) is 12.8. The zero-order chi connectivity index (χ0) is 29.4. The predicted molar refractivity (Wildman–Crippen MR) is 156 cm³/mol. The van der Waals surface area contributed by atoms with Crippen molar-refractivity contribution < 1.29 is 28.2 Å². The van der Waals surface area contributed by atoms with E-state index in [1.165, 1.54) is 11.1 Å². The number of phenolic OH excluding ortho intramolecular Hbond substituents is 1. The number of carbonyl (C=O) groups excluding carboxylic acids is 1. The largest absolute Gasteiger partial charge is 0.508 e. The number of methoxy groups -OCH3 is 2. The van der Waals surface area contributed by atoms with Crippen LogP contribution in [-0.2, 0) is 17.6 Å². The minimum absolute atomic E-state index is 0.00179. The number of amides is 1. The maximum Gasteiger partial charge on any atom is 0.253 e. The molecule has 3 aliphatic carbocycles. The topological polar surface area (TPSA) is 59.0 Å². The summed E-state index contributed by atoms with van der Waals surface area (Å²) >= 11 is 0. The van der Waals surface area contributed by atoms with Crippen LogP contribution in [0.1, 0.15) is 80.9 Å². The van der Waals surface area contributed by atoms with Crippen molar-refractivity contribution in [2.75, 3.05) is 27.8 Å². The van der Waals surface area contributed by atoms with Gasteiger partial charge in [0, 0.05) is 31.8 Å². The number of benzene rings is 2. The molecule has 7 heteroatoms. The van der Waals surface area contributed by atoms with E-state index in [1.54, 1.807) is 25.2 Å². The molecule has 1 amide bonds. The number of phenols is 1. The normalized spacial score (nSPS) is 27.9. The van der Waals surface area contributed by atoms with Crippen molar-refractivity contribution >= 4 is 5.91 Å². The van der Waals surface area contributed by atoms with Crippen LogP contribution in [-0.4, -0.2) is 49.6 Å². The molecular formula is C34H45F2NO4. The van der Waals surface area contributed by atoms with Crippen LogP contribution >= 0.6 is 0 Å². The Morgan fingerprint density at radius 2 is 1.85 bits per heavy atom. The van der Waals surface area contributed by atoms with Gasteiger partial charge in [-0.2, -0.15) is 0 Å². The molecular weight excluding hydrogens is 524 g/mol. The summed E-state index contributed by atoms with van der Waals surface area (Å²) in [6.07, 6.45) is 6.50. The number of hydrogen-bond donors (Lipinski definition) is 1. The van der Waals surface area contributed by atoms with Crippen LogP contribution in [0.3, 0.4) is 0 Å². The second-order valence-corrected chi connectivity index (χ2v) is 12.8. The molecule has 224 valence electrons. The van der Waals surface area contributed by atoms with E-state index in [0.717, 1.165) is 44.1 Å². The molecule has 0 aliphatic heterocycles. The minimum Gasteiger partial charge on any atom is -0.508 e. The Labute approximate surface area is 243 Å². The summed E-state index contributed by atoms with van der Waals surface area (Å²) in [6, 6.07) is 11.4. The van der Waals surface area contributed by atoms with Crippen LogP contribution in [0.15, 0.2) is 36.4 Å². The number of unbranched alkanes of at least 4 members (excludes halogenated alkanes) is 1. The number of aryl methyl sites for hydroxylation is 1. The Balaban J connectivity index is 1.15. The van der Waals surface area contributed by atoms with Crippen molar-refractivity contribution in [1.82, 2.24) is 4.90 Å². The Morgan fingerprint density at radius 3 is 2.61 bits per heavy atom. The van der Waals surface area contributed by atoms with E-state index in [4.69, 9.17) is 9.47 Å². The number of fused-ring (bicyclic) bond motifs is 5. The van der Waals surface area contributed by atoms with Gasteiger partial charge in [-0.05, 0) is 110 Å². The highest BCUT2D eigenvalue weighted by Crippen LogP contribution is 2.68. The number of aromatic hydroxyl groups is 1. The van der Waals surface area contributed by atoms with E-state index in [1.807, 2.05) is 44.3 Å². The number of rotatable bonds is 10. The van der Waals surface area contributed by atoms with Gasteiger partial charge in [-0.15, -0.1) is 0 Å². The van der Waals surface area contributed by atoms with Gasteiger partial charge in [-0.3, -0.25) is 4.79 Å². The third kappa shape index (κ3) is 5.65. The summed E-state index contributed by atoms with van der Waals surface area (Å²) in [5, 5.41) is 9.96. The van der Waals surface area contributed by atoms with Crippen molar-refractivity contribution in [3.63, 3.8) is 0 Å². The molecule has 41 heavy (non-hydrogen) atoms. The van der Waals surface area contributed by atoms with E-state index < -0.39 is 11.3 Å². The molecule has 0 spiro atoms. The molecule has 0 radical (unpaired) electrons. The molecule has 3 aliphatic rings. The molecule has 0 heterocycles. The molecule has 5 nitrogen and oxygen atoms in total. The van der Waals surface area contributed by atoms with Gasteiger partial charge in [0.05, 0.1) is 14.2 Å². The molecule has 0 bridgehead atoms. The highest BCUT2D eigenvalue weighted by molar-refractivity contribution is 5.75. The third-order valence-corrected chi connectivity index (χ3v) is 10.6. The Bertz CT molecular complexity index is 1250. The summed E-state index contributed by atoms with van der Waals surface area (Å²) in [7, 11) is 5.04. The van der Waals surface area contributed by atoms with E-state index in [9.17, 15) is 9.90 Å². The number of alkyl halides is 2. The summed E-state index contributed by atoms with van der Waals surface area (Å²) in [5.74, 6) is -0.373. The first-order valence-corrected chi connectivity index (χ1v) is 15.2. The van der Waals surface area contributed by atoms with Gasteiger partial charge in [0.25, 0.3) is 5.92 Å². The van der Waals surface area contributed by atoms with Crippen LogP contribution in [0.2, 0.25) is 0 Å². The van der Waals surface area contributed by atoms with Crippen LogP contribution in [0, 0.1) is 23.2 Å². The fourth-order valence-electron chi connectivity index (χ4n) is 8.42. The van der Waals surface area contributed by atoms with Gasteiger partial charge >= 0.3 is 0 Å². The lowest BCUT2D eigenvalue weighted by Gasteiger charge is -2.51. The van der Waals surface area contributed by atoms with Crippen LogP contribution in [0.4, 0.5) is 8.78 Å². The summed E-state index contributed by atoms with van der Waals surface area (Å²) in [5.41, 5.74) is 2.56. The smallest absolute Gasteiger partial charge is 0.253 e. The van der Waals surface area contributed by atoms with Gasteiger partial charge in [-0.1, -0.05) is 25.5 Å². The predicted octanol–water partition coefficient (Wildman–Crippen LogP) is 7.39. The van der Waals surface area contributed by atoms with Gasteiger partial charge in [0.1, 0.15) is 5.75 Å². The highest BCUT2D eigenvalue weighted by Gasteiger charge is 2.67. The number of hydrogen-bond acceptors (Lipinski definition) is 4. The molecule has 0 saturated heterocycles. The van der Waals surface area contributed by atoms with Crippen LogP contribution in [0.5, 0.6) is 17.2 Å². The number of nitrogens with zero attached hydrogens (tertiary/aromatic N) is 1. The summed E-state index contributed by atoms with van der Waals surface area (Å²) in [6.45, 7) is 2.45. The molecule has 1 N–H and O–H groups in total. The third-order valence-electron chi connectivity index (χ3n) is 10.6. The Kier molecular flexibility index (Phi) is 8.54. The van der Waals surface area contributed by atoms with E-state index in [2.05, 4.69) is 0 Å². The van der Waals surface area contributed by atoms with Gasteiger partial charge < -0.3 is 19.5 Å². The molecule has 2 fully saturated rings. The first-order chi connectivity index (χ1) is 19.6. The van der Waals surface area contributed by atoms with Crippen molar-refractivity contribution in [3.8, 4) is 17.2 Å². The molecule has 0 aromatic heterocycles. The molecule has 2 aromatic rings. The fourth-order valence-corrected chi connectivity index (χ4v) is 8.42. The highest BCUT2D eigenvalue weighted by atomic mass is 19.3. The first-order valence-electron chi connectivity index (χ1n) is 15.2. The zero-order valence-electron chi connectivity index (χ0n) is 24.9. The quantitative estimate of drug-likeness (QED) is 0.303. The second kappa shape index (κ2) is 11.8. The molecule has 1 unspecified atom stereocenters. The monoisotopic (exact) mass is 569 g/mol. The van der Waals surface area contributed by atoms with Crippen molar-refractivity contribution in [1.29, 1.82) is 0 Å². The molecule has 2 saturated carbocycles. The lowest BCUT2D eigenvalue weighted by Crippen LogP contribution is -2.47. The van der Waals surface area contributed by atoms with Crippen molar-refractivity contribution in [2.45, 2.75) is 83.0 Å². The van der Waals surface area contributed by atoms with E-state index >= 15 is 8.78 Å². The standard InChI is InChI=1S/C34H45F2NO4/c1-33-17-15-27-26-13-11-25(38)20-23(26)10-12-28(27)32(33)24(21-34(33,35)36)7-5-6-8-31(39)37(2)18-16-22-9-14-29(40-3)30(19-22)41-4/h9,11,13-14,19-20,24,27-28,32,38H,5-8,10,12,15-18,21H2,1-4H3/t24?,27-,28-,32+,33+/m1/s1. The van der Waals surface area contributed by atoms with Crippen molar-refractivity contribution in [3.05, 3.63) is 53.1 Å². The Morgan fingerprint density at radius 1 is 1.07 bits per heavy atom. The minimum atomic E-state index is -2.65. The van der Waals surface area contributed by atoms with E-state index in [-0.39, 0.29) is 35.8 Å². The maximum atomic E-state index is 15.6. The lowest BCUT2D eigenvalue weighted by atomic mass is 9.53. The number of carbonyl (C=O) groups is 1. The first kappa shape index (κ1) is 29.7. The van der Waals surface area contributed by atoms with Crippen LogP contribution < -0.4 is 9.47 Å². The molecule has 5 rings (SSSR count). The summed E-state index contributed by atoms with van der Waals surface area (Å²) < 4.78 is 41.8. The average Bonchev–Trinajstić information content (AvgIpc) is 3.17. The number of halogens is 2. The summed E-state index contributed by atoms with van der Waals surface area (Å²) in [4.78, 5) is 14.6. The van der Waals surface area contributed by atoms with Gasteiger partial charge in [-0.25, -0.2) is 8.78 Å². The molecule has 5 atom stereocenters. The maximum absolute atomic E-state index is 15.6. The fraction of sp³-hybridized carbons (Fsp3) is 0.618. The number of likely N-dealkylation sites (N-methyl/N-ethyl adjacent to an activating group) is 1. The van der Waals surface area contributed by atoms with Gasteiger partial charge in [0.15, 0.2) is 11.5 Å². The number of ether oxygens (including phenoxy) is 2. The van der Waals surface area contributed by atoms with Crippen molar-refractivity contribution in [2.24, 2.45) is 23.2 Å². The average molecular weight is 570 g/mol. The lowest BCUT2D eigenvalue weighted by molar-refractivity contribution is -0.133. The van der Waals surface area contributed by atoms with Crippen LogP contribution in [0.25, 0.3) is 0 Å². The Hall–Kier alpha value is -2.83. The SMILES string of the molecule is COc1ccc(CCN(C)C(=O)CCCCC2CC(F)(F)[C@@]3(C)CC[C@@H]4c5ccc(O)cc5CC[C@H]4[C@H]23)cc1OC. The van der Waals surface area contributed by atoms with Gasteiger partial charge in [0.2, 0.25) is 5.91 Å².